The molecule has 4 atom stereocenters. The van der Waals surface area contributed by atoms with Crippen LogP contribution in [0.2, 0.25) is 0 Å². The first-order chi connectivity index (χ1) is 16.7. The number of fused-ring (bicyclic) bond motifs is 1. The van der Waals surface area contributed by atoms with E-state index < -0.39 is 27.2 Å². The van der Waals surface area contributed by atoms with E-state index in [-0.39, 0.29) is 23.1 Å². The Morgan fingerprint density at radius 2 is 1.57 bits per heavy atom. The monoisotopic (exact) mass is 478 g/mol. The minimum atomic E-state index is -1.32. The normalized spacial score (nSPS) is 31.5. The predicted octanol–water partition coefficient (Wildman–Crippen LogP) is 5.28. The van der Waals surface area contributed by atoms with Crippen LogP contribution in [0.4, 0.5) is 11.4 Å². The molecule has 3 aliphatic rings. The molecule has 1 spiro atoms. The highest BCUT2D eigenvalue weighted by atomic mass is 16.6. The van der Waals surface area contributed by atoms with Crippen LogP contribution < -0.4 is 0 Å². The Morgan fingerprint density at radius 3 is 2.20 bits per heavy atom. The van der Waals surface area contributed by atoms with Gasteiger partial charge < -0.3 is 9.84 Å². The lowest BCUT2D eigenvalue weighted by atomic mass is 9.63. The molecule has 35 heavy (non-hydrogen) atoms. The summed E-state index contributed by atoms with van der Waals surface area (Å²) in [6.45, 7) is 0. The maximum absolute atomic E-state index is 14.0. The van der Waals surface area contributed by atoms with Crippen molar-refractivity contribution in [2.75, 3.05) is 0 Å². The molecule has 0 radical (unpaired) electrons. The second-order valence-electron chi connectivity index (χ2n) is 9.84. The Hall–Kier alpha value is -3.43. The molecule has 9 heteroatoms. The molecule has 2 saturated carbocycles. The summed E-state index contributed by atoms with van der Waals surface area (Å²) in [4.78, 5) is 35.1. The second-order valence-corrected chi connectivity index (χ2v) is 9.84. The van der Waals surface area contributed by atoms with Crippen LogP contribution in [0.25, 0.3) is 6.08 Å². The van der Waals surface area contributed by atoms with Crippen molar-refractivity contribution in [3.05, 3.63) is 85.5 Å². The summed E-state index contributed by atoms with van der Waals surface area (Å²) < 4.78 is 6.38. The topological polar surface area (TPSA) is 133 Å². The molecule has 2 aromatic carbocycles. The number of allylic oxidation sites excluding steroid dienone is 1. The molecule has 2 aliphatic carbocycles. The standard InChI is InChI=1S/C26H26N2O7/c29-23-19(15-17-4-8-21(9-5-17)27(31)32)12-14-25(23)16-20-3-1-2-13-26(20,30)35-24(25)18-6-10-22(11-7-18)28(33)34/h4-11,15,20,24,30H,1-3,12-14,16H2/b19-15+/t20-,24+,25-,26-/m0/s1. The molecule has 0 unspecified atom stereocenters. The van der Waals surface area contributed by atoms with E-state index in [1.165, 1.54) is 24.3 Å². The lowest BCUT2D eigenvalue weighted by molar-refractivity contribution is -0.385. The van der Waals surface area contributed by atoms with Gasteiger partial charge in [0.25, 0.3) is 11.4 Å². The number of hydrogen-bond acceptors (Lipinski definition) is 7. The van der Waals surface area contributed by atoms with E-state index in [0.29, 0.717) is 42.4 Å². The summed E-state index contributed by atoms with van der Waals surface area (Å²) >= 11 is 0. The van der Waals surface area contributed by atoms with E-state index in [1.54, 1.807) is 30.3 Å². The lowest BCUT2D eigenvalue weighted by Gasteiger charge is -2.53. The van der Waals surface area contributed by atoms with E-state index in [9.17, 15) is 30.1 Å². The van der Waals surface area contributed by atoms with Crippen LogP contribution in [-0.4, -0.2) is 26.5 Å². The fourth-order valence-electron chi connectivity index (χ4n) is 6.02. The van der Waals surface area contributed by atoms with Gasteiger partial charge in [-0.05, 0) is 79.1 Å². The number of carbonyl (C=O) groups excluding carboxylic acids is 1. The third kappa shape index (κ3) is 4.04. The Kier molecular flexibility index (Phi) is 5.77. The van der Waals surface area contributed by atoms with Crippen molar-refractivity contribution in [2.45, 2.75) is 56.8 Å². The van der Waals surface area contributed by atoms with Crippen molar-refractivity contribution in [3.8, 4) is 0 Å². The number of benzene rings is 2. The molecule has 3 fully saturated rings. The lowest BCUT2D eigenvalue weighted by Crippen LogP contribution is -2.55. The van der Waals surface area contributed by atoms with Crippen LogP contribution in [0.15, 0.2) is 54.1 Å². The molecule has 1 heterocycles. The highest BCUT2D eigenvalue weighted by Gasteiger charge is 2.61. The number of hydrogen-bond donors (Lipinski definition) is 1. The van der Waals surface area contributed by atoms with E-state index in [1.807, 2.05) is 0 Å². The van der Waals surface area contributed by atoms with Gasteiger partial charge in [-0.3, -0.25) is 25.0 Å². The third-order valence-electron chi connectivity index (χ3n) is 7.85. The Balaban J connectivity index is 1.52. The average molecular weight is 479 g/mol. The van der Waals surface area contributed by atoms with Gasteiger partial charge in [-0.2, -0.15) is 0 Å². The van der Waals surface area contributed by atoms with Gasteiger partial charge in [0.1, 0.15) is 0 Å². The highest BCUT2D eigenvalue weighted by Crippen LogP contribution is 2.61. The van der Waals surface area contributed by atoms with Crippen molar-refractivity contribution < 1.29 is 24.5 Å². The van der Waals surface area contributed by atoms with Crippen LogP contribution in [0, 0.1) is 31.6 Å². The first-order valence-corrected chi connectivity index (χ1v) is 11.9. The van der Waals surface area contributed by atoms with Gasteiger partial charge in [-0.15, -0.1) is 0 Å². The van der Waals surface area contributed by atoms with Crippen LogP contribution in [0.5, 0.6) is 0 Å². The zero-order valence-corrected chi connectivity index (χ0v) is 19.1. The minimum Gasteiger partial charge on any atom is -0.365 e. The fraction of sp³-hybridized carbons (Fsp3) is 0.423. The molecule has 5 rings (SSSR count). The van der Waals surface area contributed by atoms with Crippen LogP contribution in [0.1, 0.15) is 62.2 Å². The SMILES string of the molecule is O=C1/C(=C/c2ccc([N+](=O)[O-])cc2)CC[C@]12C[C@@H]1CCCC[C@]1(O)O[C@@H]2c1ccc([N+](=O)[O-])cc1. The number of non-ortho nitro benzene ring substituents is 2. The van der Waals surface area contributed by atoms with Crippen molar-refractivity contribution in [1.29, 1.82) is 0 Å². The van der Waals surface area contributed by atoms with Crippen LogP contribution in [-0.2, 0) is 9.53 Å². The number of nitrogens with zero attached hydrogens (tertiary/aromatic N) is 2. The van der Waals surface area contributed by atoms with Gasteiger partial charge in [0.15, 0.2) is 11.6 Å². The summed E-state index contributed by atoms with van der Waals surface area (Å²) in [5.74, 6) is -1.53. The molecule has 182 valence electrons. The molecular formula is C26H26N2O7. The Labute approximate surface area is 201 Å². The largest absolute Gasteiger partial charge is 0.365 e. The molecule has 1 N–H and O–H groups in total. The van der Waals surface area contributed by atoms with Crippen molar-refractivity contribution in [1.82, 2.24) is 0 Å². The summed E-state index contributed by atoms with van der Waals surface area (Å²) in [5.41, 5.74) is 1.01. The zero-order chi connectivity index (χ0) is 24.8. The summed E-state index contributed by atoms with van der Waals surface area (Å²) in [6, 6.07) is 12.1. The first kappa shape index (κ1) is 23.3. The number of aliphatic hydroxyl groups is 1. The summed E-state index contributed by atoms with van der Waals surface area (Å²) in [7, 11) is 0. The minimum absolute atomic E-state index is 0.0168. The summed E-state index contributed by atoms with van der Waals surface area (Å²) in [6.07, 6.45) is 5.68. The zero-order valence-electron chi connectivity index (χ0n) is 19.1. The average Bonchev–Trinajstić information content (AvgIpc) is 3.15. The van der Waals surface area contributed by atoms with Gasteiger partial charge in [-0.25, -0.2) is 0 Å². The number of nitro groups is 2. The number of carbonyl (C=O) groups is 1. The van der Waals surface area contributed by atoms with Crippen LogP contribution in [0.3, 0.4) is 0 Å². The molecule has 1 aliphatic heterocycles. The van der Waals surface area contributed by atoms with Gasteiger partial charge in [0.05, 0.1) is 21.4 Å². The smallest absolute Gasteiger partial charge is 0.269 e. The van der Waals surface area contributed by atoms with E-state index in [2.05, 4.69) is 0 Å². The molecule has 0 bridgehead atoms. The third-order valence-corrected chi connectivity index (χ3v) is 7.85. The van der Waals surface area contributed by atoms with E-state index in [0.717, 1.165) is 19.3 Å². The van der Waals surface area contributed by atoms with Gasteiger partial charge in [-0.1, -0.05) is 6.42 Å². The number of ether oxygens (including phenoxy) is 1. The molecule has 0 amide bonds. The molecular weight excluding hydrogens is 452 g/mol. The van der Waals surface area contributed by atoms with Crippen molar-refractivity contribution in [3.63, 3.8) is 0 Å². The van der Waals surface area contributed by atoms with Gasteiger partial charge >= 0.3 is 0 Å². The van der Waals surface area contributed by atoms with Crippen molar-refractivity contribution in [2.24, 2.45) is 11.3 Å². The van der Waals surface area contributed by atoms with Gasteiger partial charge in [0.2, 0.25) is 0 Å². The second kappa shape index (κ2) is 8.66. The fourth-order valence-corrected chi connectivity index (χ4v) is 6.02. The molecule has 9 nitrogen and oxygen atoms in total. The van der Waals surface area contributed by atoms with Crippen molar-refractivity contribution >= 4 is 23.2 Å². The van der Waals surface area contributed by atoms with Crippen LogP contribution >= 0.6 is 0 Å². The maximum atomic E-state index is 14.0. The number of ketones is 1. The molecule has 0 aromatic heterocycles. The number of rotatable bonds is 4. The number of nitro benzene ring substituents is 2. The summed E-state index contributed by atoms with van der Waals surface area (Å²) in [5, 5.41) is 33.4. The van der Waals surface area contributed by atoms with Gasteiger partial charge in [0, 0.05) is 36.6 Å². The molecule has 2 aromatic rings. The quantitative estimate of drug-likeness (QED) is 0.359. The number of Topliss-reactive ketones (excluding diaryl/α,β-unsaturated/α-hetero) is 1. The predicted molar refractivity (Wildman–Crippen MR) is 126 cm³/mol. The highest BCUT2D eigenvalue weighted by molar-refractivity contribution is 6.06. The first-order valence-electron chi connectivity index (χ1n) is 11.9. The Morgan fingerprint density at radius 1 is 0.943 bits per heavy atom. The molecule has 1 saturated heterocycles. The van der Waals surface area contributed by atoms with E-state index >= 15 is 0 Å². The maximum Gasteiger partial charge on any atom is 0.269 e. The Bertz CT molecular complexity index is 1210. The van der Waals surface area contributed by atoms with E-state index in [4.69, 9.17) is 4.74 Å².